The van der Waals surface area contributed by atoms with Gasteiger partial charge in [-0.2, -0.15) is 0 Å². The maximum Gasteiger partial charge on any atom is 0.259 e. The average Bonchev–Trinajstić information content (AvgIpc) is 2.92. The molecule has 0 saturated carbocycles. The van der Waals surface area contributed by atoms with Gasteiger partial charge in [0, 0.05) is 13.1 Å². The van der Waals surface area contributed by atoms with Crippen LogP contribution in [0.3, 0.4) is 0 Å². The number of aromatic nitrogens is 1. The predicted octanol–water partition coefficient (Wildman–Crippen LogP) is 3.11. The van der Waals surface area contributed by atoms with Crippen LogP contribution >= 0.6 is 0 Å². The average molecular weight is 314 g/mol. The van der Waals surface area contributed by atoms with Gasteiger partial charge in [0.25, 0.3) is 5.91 Å². The van der Waals surface area contributed by atoms with Crippen LogP contribution in [0.15, 0.2) is 34.9 Å². The van der Waals surface area contributed by atoms with E-state index in [2.05, 4.69) is 17.3 Å². The third-order valence-electron chi connectivity index (χ3n) is 4.30. The highest BCUT2D eigenvalue weighted by atomic mass is 16.5. The second kappa shape index (κ2) is 6.96. The number of hydrogen-bond donors (Lipinski definition) is 0. The first kappa shape index (κ1) is 15.7. The molecule has 0 unspecified atom stereocenters. The molecule has 1 saturated heterocycles. The van der Waals surface area contributed by atoms with Gasteiger partial charge >= 0.3 is 0 Å². The van der Waals surface area contributed by atoms with Crippen LogP contribution in [0.1, 0.15) is 40.2 Å². The number of nitrogens with zero attached hydrogens (tertiary/aromatic N) is 2. The van der Waals surface area contributed by atoms with E-state index < -0.39 is 0 Å². The van der Waals surface area contributed by atoms with Gasteiger partial charge in [0.05, 0.1) is 18.4 Å². The Hall–Kier alpha value is -2.14. The number of piperidine rings is 1. The van der Waals surface area contributed by atoms with Gasteiger partial charge in [-0.05, 0) is 32.3 Å². The Morgan fingerprint density at radius 3 is 2.57 bits per heavy atom. The maximum absolute atomic E-state index is 12.6. The zero-order valence-corrected chi connectivity index (χ0v) is 13.6. The van der Waals surface area contributed by atoms with E-state index in [-0.39, 0.29) is 12.0 Å². The quantitative estimate of drug-likeness (QED) is 0.870. The van der Waals surface area contributed by atoms with Crippen LogP contribution in [-0.4, -0.2) is 35.2 Å². The molecule has 1 aromatic carbocycles. The van der Waals surface area contributed by atoms with Crippen LogP contribution in [0.4, 0.5) is 0 Å². The maximum atomic E-state index is 12.6. The Bertz CT molecular complexity index is 639. The van der Waals surface area contributed by atoms with E-state index in [1.807, 2.05) is 23.1 Å². The number of ether oxygens (including phenoxy) is 1. The molecule has 0 N–H and O–H groups in total. The van der Waals surface area contributed by atoms with Gasteiger partial charge in [0.15, 0.2) is 0 Å². The first-order chi connectivity index (χ1) is 11.1. The Labute approximate surface area is 136 Å². The number of likely N-dealkylation sites (tertiary alicyclic amines) is 1. The number of benzene rings is 1. The van der Waals surface area contributed by atoms with Crippen molar-refractivity contribution in [1.82, 2.24) is 10.1 Å². The Morgan fingerprint density at radius 1 is 1.26 bits per heavy atom. The summed E-state index contributed by atoms with van der Waals surface area (Å²) in [5, 5.41) is 3.86. The molecule has 1 aliphatic heterocycles. The molecule has 2 aromatic rings. The fraction of sp³-hybridized carbons (Fsp3) is 0.444. The van der Waals surface area contributed by atoms with Crippen molar-refractivity contribution >= 4 is 5.91 Å². The van der Waals surface area contributed by atoms with Crippen LogP contribution < -0.4 is 0 Å². The molecule has 3 rings (SSSR count). The highest BCUT2D eigenvalue weighted by Crippen LogP contribution is 2.20. The number of carbonyl (C=O) groups is 1. The topological polar surface area (TPSA) is 55.6 Å². The minimum atomic E-state index is 0.0164. The van der Waals surface area contributed by atoms with Crippen molar-refractivity contribution in [3.05, 3.63) is 52.9 Å². The van der Waals surface area contributed by atoms with E-state index in [0.29, 0.717) is 36.7 Å². The van der Waals surface area contributed by atoms with Crippen molar-refractivity contribution in [2.45, 2.75) is 39.4 Å². The molecule has 0 aliphatic carbocycles. The van der Waals surface area contributed by atoms with Gasteiger partial charge < -0.3 is 14.2 Å². The normalized spacial score (nSPS) is 15.8. The summed E-state index contributed by atoms with van der Waals surface area (Å²) >= 11 is 0. The minimum Gasteiger partial charge on any atom is -0.373 e. The van der Waals surface area contributed by atoms with Crippen LogP contribution in [0.5, 0.6) is 0 Å². The largest absolute Gasteiger partial charge is 0.373 e. The van der Waals surface area contributed by atoms with E-state index in [1.54, 1.807) is 13.8 Å². The van der Waals surface area contributed by atoms with Crippen molar-refractivity contribution in [3.8, 4) is 0 Å². The molecular formula is C18H22N2O3. The summed E-state index contributed by atoms with van der Waals surface area (Å²) in [6.07, 6.45) is 1.94. The predicted molar refractivity (Wildman–Crippen MR) is 86.1 cm³/mol. The van der Waals surface area contributed by atoms with E-state index in [1.165, 1.54) is 5.56 Å². The number of hydrogen-bond acceptors (Lipinski definition) is 4. The molecular weight excluding hydrogens is 292 g/mol. The number of amides is 1. The fourth-order valence-electron chi connectivity index (χ4n) is 2.96. The molecule has 122 valence electrons. The summed E-state index contributed by atoms with van der Waals surface area (Å²) in [5.74, 6) is 0.609. The monoisotopic (exact) mass is 314 g/mol. The van der Waals surface area contributed by atoms with E-state index in [9.17, 15) is 4.79 Å². The lowest BCUT2D eigenvalue weighted by Crippen LogP contribution is -2.41. The summed E-state index contributed by atoms with van der Waals surface area (Å²) in [4.78, 5) is 14.4. The van der Waals surface area contributed by atoms with Crippen molar-refractivity contribution in [2.75, 3.05) is 13.1 Å². The second-order valence-corrected chi connectivity index (χ2v) is 5.99. The summed E-state index contributed by atoms with van der Waals surface area (Å²) in [6.45, 7) is 5.64. The summed E-state index contributed by atoms with van der Waals surface area (Å²) < 4.78 is 11.1. The molecule has 1 aliphatic rings. The lowest BCUT2D eigenvalue weighted by atomic mass is 10.1. The Morgan fingerprint density at radius 2 is 1.96 bits per heavy atom. The van der Waals surface area contributed by atoms with Crippen molar-refractivity contribution < 1.29 is 14.1 Å². The summed E-state index contributed by atoms with van der Waals surface area (Å²) in [7, 11) is 0. The van der Waals surface area contributed by atoms with Crippen LogP contribution in [0, 0.1) is 13.8 Å². The van der Waals surface area contributed by atoms with Gasteiger partial charge in [-0.3, -0.25) is 4.79 Å². The van der Waals surface area contributed by atoms with E-state index in [0.717, 1.165) is 12.8 Å². The first-order valence-corrected chi connectivity index (χ1v) is 8.03. The molecule has 5 heteroatoms. The highest BCUT2D eigenvalue weighted by molar-refractivity contribution is 5.96. The summed E-state index contributed by atoms with van der Waals surface area (Å²) in [6, 6.07) is 10.2. The third-order valence-corrected chi connectivity index (χ3v) is 4.30. The Balaban J connectivity index is 1.51. The van der Waals surface area contributed by atoms with Crippen LogP contribution in [-0.2, 0) is 11.3 Å². The highest BCUT2D eigenvalue weighted by Gasteiger charge is 2.27. The zero-order chi connectivity index (χ0) is 16.2. The second-order valence-electron chi connectivity index (χ2n) is 5.99. The lowest BCUT2D eigenvalue weighted by molar-refractivity contribution is -0.000422. The van der Waals surface area contributed by atoms with Gasteiger partial charge in [-0.25, -0.2) is 0 Å². The molecule has 23 heavy (non-hydrogen) atoms. The lowest BCUT2D eigenvalue weighted by Gasteiger charge is -2.32. The number of aryl methyl sites for hydroxylation is 2. The van der Waals surface area contributed by atoms with Crippen molar-refractivity contribution in [2.24, 2.45) is 0 Å². The Kier molecular flexibility index (Phi) is 4.76. The van der Waals surface area contributed by atoms with E-state index in [4.69, 9.17) is 9.26 Å². The molecule has 5 nitrogen and oxygen atoms in total. The molecule has 2 heterocycles. The summed E-state index contributed by atoms with van der Waals surface area (Å²) in [5.41, 5.74) is 2.45. The smallest absolute Gasteiger partial charge is 0.259 e. The SMILES string of the molecule is Cc1noc(C)c1C(=O)N1CCC(OCc2ccccc2)CC1. The number of carbonyl (C=O) groups excluding carboxylic acids is 1. The van der Waals surface area contributed by atoms with Gasteiger partial charge in [-0.15, -0.1) is 0 Å². The third kappa shape index (κ3) is 3.62. The molecule has 1 aromatic heterocycles. The van der Waals surface area contributed by atoms with Crippen LogP contribution in [0.25, 0.3) is 0 Å². The van der Waals surface area contributed by atoms with Crippen molar-refractivity contribution in [3.63, 3.8) is 0 Å². The van der Waals surface area contributed by atoms with Crippen molar-refractivity contribution in [1.29, 1.82) is 0 Å². The minimum absolute atomic E-state index is 0.0164. The molecule has 0 radical (unpaired) electrons. The number of rotatable bonds is 4. The molecule has 0 atom stereocenters. The standard InChI is InChI=1S/C18H22N2O3/c1-13-17(14(2)23-19-13)18(21)20-10-8-16(9-11-20)22-12-15-6-4-3-5-7-15/h3-7,16H,8-12H2,1-2H3. The fourth-order valence-corrected chi connectivity index (χ4v) is 2.96. The van der Waals surface area contributed by atoms with Gasteiger partial charge in [-0.1, -0.05) is 35.5 Å². The van der Waals surface area contributed by atoms with Crippen LogP contribution in [0.2, 0.25) is 0 Å². The molecule has 1 fully saturated rings. The molecule has 0 spiro atoms. The first-order valence-electron chi connectivity index (χ1n) is 8.03. The van der Waals surface area contributed by atoms with Gasteiger partial charge in [0.2, 0.25) is 0 Å². The zero-order valence-electron chi connectivity index (χ0n) is 13.6. The molecule has 1 amide bonds. The molecule has 0 bridgehead atoms. The van der Waals surface area contributed by atoms with E-state index >= 15 is 0 Å². The van der Waals surface area contributed by atoms with Gasteiger partial charge in [0.1, 0.15) is 11.3 Å².